The zero-order valence-corrected chi connectivity index (χ0v) is 33.5. The molecule has 0 fully saturated rings. The normalized spacial score (nSPS) is 9.88. The molecule has 0 aliphatic heterocycles. The van der Waals surface area contributed by atoms with E-state index in [1.807, 2.05) is 0 Å². The summed E-state index contributed by atoms with van der Waals surface area (Å²) >= 11 is 0. The van der Waals surface area contributed by atoms with E-state index in [1.165, 1.54) is 128 Å². The molecule has 0 rings (SSSR count). The van der Waals surface area contributed by atoms with Crippen LogP contribution in [-0.2, 0) is 36.2 Å². The van der Waals surface area contributed by atoms with Crippen molar-refractivity contribution < 1.29 is 56.7 Å². The minimum Gasteiger partial charge on any atom is -0.550 e. The molecule has 0 unspecified atom stereocenters. The zero-order chi connectivity index (χ0) is 36.9. The Hall–Kier alpha value is -1.60. The molecule has 9 heteroatoms. The van der Waals surface area contributed by atoms with Crippen LogP contribution >= 0.6 is 0 Å². The van der Waals surface area contributed by atoms with Gasteiger partial charge in [-0.3, -0.25) is 0 Å². The summed E-state index contributed by atoms with van der Waals surface area (Å²) in [6.45, 7) is 8.76. The molecule has 0 saturated heterocycles. The van der Waals surface area contributed by atoms with Crippen LogP contribution in [0.25, 0.3) is 0 Å². The van der Waals surface area contributed by atoms with Gasteiger partial charge in [-0.15, -0.1) is 0 Å². The van der Waals surface area contributed by atoms with E-state index < -0.39 is 23.9 Å². The van der Waals surface area contributed by atoms with Gasteiger partial charge in [0.05, 0.1) is 0 Å². The summed E-state index contributed by atoms with van der Waals surface area (Å²) in [6, 6.07) is 0. The maximum absolute atomic E-state index is 10.0. The molecule has 49 heavy (non-hydrogen) atoms. The molecule has 0 spiro atoms. The van der Waals surface area contributed by atoms with Crippen LogP contribution in [0.3, 0.4) is 0 Å². The van der Waals surface area contributed by atoms with E-state index in [9.17, 15) is 39.6 Å². The van der Waals surface area contributed by atoms with Crippen molar-refractivity contribution in [3.63, 3.8) is 0 Å². The first-order chi connectivity index (χ1) is 23.1. The molecule has 0 amide bonds. The largest absolute Gasteiger partial charge is 4.00 e. The fraction of sp³-hybridized carbons (Fsp3) is 0.900. The summed E-state index contributed by atoms with van der Waals surface area (Å²) in [7, 11) is 0. The third kappa shape index (κ3) is 77.3. The quantitative estimate of drug-likeness (QED) is 0.0506. The fourth-order valence-corrected chi connectivity index (χ4v) is 4.91. The first kappa shape index (κ1) is 56.8. The van der Waals surface area contributed by atoms with Crippen LogP contribution in [0.15, 0.2) is 0 Å². The number of carbonyl (C=O) groups is 4. The number of hydrogen-bond donors (Lipinski definition) is 0. The van der Waals surface area contributed by atoms with Crippen molar-refractivity contribution in [1.82, 2.24) is 0 Å². The first-order valence-electron chi connectivity index (χ1n) is 19.9. The van der Waals surface area contributed by atoms with E-state index in [0.717, 1.165) is 51.4 Å². The van der Waals surface area contributed by atoms with Crippen LogP contribution in [0.2, 0.25) is 0 Å². The predicted octanol–water partition coefficient (Wildman–Crippen LogP) is 7.51. The van der Waals surface area contributed by atoms with Gasteiger partial charge in [0.2, 0.25) is 0 Å². The minimum atomic E-state index is -0.913. The second kappa shape index (κ2) is 53.2. The molecule has 0 N–H and O–H groups in total. The van der Waals surface area contributed by atoms with Crippen molar-refractivity contribution >= 4 is 23.9 Å². The van der Waals surface area contributed by atoms with E-state index in [1.54, 1.807) is 0 Å². The van der Waals surface area contributed by atoms with E-state index in [0.29, 0.717) is 0 Å². The van der Waals surface area contributed by atoms with Gasteiger partial charge in [0, 0.05) is 23.9 Å². The molecule has 0 aromatic carbocycles. The molecule has 0 heterocycles. The molecule has 0 aliphatic carbocycles. The maximum atomic E-state index is 10.0. The summed E-state index contributed by atoms with van der Waals surface area (Å²) < 4.78 is 0. The molecular formula is C40H76MnO8. The van der Waals surface area contributed by atoms with Crippen LogP contribution in [0.1, 0.15) is 233 Å². The second-order valence-corrected chi connectivity index (χ2v) is 13.0. The van der Waals surface area contributed by atoms with Crippen LogP contribution in [0, 0.1) is 0 Å². The van der Waals surface area contributed by atoms with E-state index in [-0.39, 0.29) is 42.8 Å². The first-order valence-corrected chi connectivity index (χ1v) is 19.9. The van der Waals surface area contributed by atoms with E-state index in [2.05, 4.69) is 27.7 Å². The third-order valence-electron chi connectivity index (χ3n) is 7.94. The van der Waals surface area contributed by atoms with Crippen molar-refractivity contribution in [1.29, 1.82) is 0 Å². The van der Waals surface area contributed by atoms with E-state index >= 15 is 0 Å². The van der Waals surface area contributed by atoms with Crippen LogP contribution < -0.4 is 20.4 Å². The van der Waals surface area contributed by atoms with Gasteiger partial charge in [0.25, 0.3) is 0 Å². The molecular weight excluding hydrogens is 663 g/mol. The SMILES string of the molecule is CCCCCCCCCC(=O)[O-].CCCCCCCCCC(=O)[O-].CCCCCCCCCC(=O)[O-].CCCCCCCCCC(=O)[O-].[Mn+4]. The van der Waals surface area contributed by atoms with Gasteiger partial charge >= 0.3 is 17.1 Å². The Morgan fingerprint density at radius 3 is 0.510 bits per heavy atom. The molecule has 0 aromatic heterocycles. The molecule has 0 aliphatic rings. The van der Waals surface area contributed by atoms with Crippen molar-refractivity contribution in [2.75, 3.05) is 0 Å². The minimum absolute atomic E-state index is 0. The van der Waals surface area contributed by atoms with Crippen molar-refractivity contribution in [3.05, 3.63) is 0 Å². The number of carboxylic acids is 4. The second-order valence-electron chi connectivity index (χ2n) is 13.0. The van der Waals surface area contributed by atoms with Crippen LogP contribution in [-0.4, -0.2) is 23.9 Å². The number of hydrogen-bond acceptors (Lipinski definition) is 8. The predicted molar refractivity (Wildman–Crippen MR) is 190 cm³/mol. The van der Waals surface area contributed by atoms with Gasteiger partial charge in [0.15, 0.2) is 0 Å². The number of unbranched alkanes of at least 4 members (excludes halogenated alkanes) is 24. The number of aliphatic carboxylic acids is 4. The summed E-state index contributed by atoms with van der Waals surface area (Å²) in [5.41, 5.74) is 0. The summed E-state index contributed by atoms with van der Waals surface area (Å²) in [4.78, 5) is 40.1. The Morgan fingerprint density at radius 2 is 0.388 bits per heavy atom. The van der Waals surface area contributed by atoms with Gasteiger partial charge in [-0.05, 0) is 51.4 Å². The summed E-state index contributed by atoms with van der Waals surface area (Å²) in [5, 5.41) is 40.1. The Morgan fingerprint density at radius 1 is 0.265 bits per heavy atom. The fourth-order valence-electron chi connectivity index (χ4n) is 4.91. The third-order valence-corrected chi connectivity index (χ3v) is 7.94. The van der Waals surface area contributed by atoms with Crippen molar-refractivity contribution in [2.24, 2.45) is 0 Å². The molecule has 0 bridgehead atoms. The zero-order valence-electron chi connectivity index (χ0n) is 32.3. The maximum Gasteiger partial charge on any atom is 4.00 e. The Kier molecular flexibility index (Phi) is 61.6. The molecule has 1 radical (unpaired) electrons. The number of carbonyl (C=O) groups excluding carboxylic acids is 4. The van der Waals surface area contributed by atoms with Gasteiger partial charge in [-0.2, -0.15) is 0 Å². The van der Waals surface area contributed by atoms with Crippen molar-refractivity contribution in [2.45, 2.75) is 233 Å². The van der Waals surface area contributed by atoms with Gasteiger partial charge in [-0.25, -0.2) is 0 Å². The average molecular weight is 740 g/mol. The topological polar surface area (TPSA) is 161 Å². The van der Waals surface area contributed by atoms with Crippen LogP contribution in [0.5, 0.6) is 0 Å². The average Bonchev–Trinajstić information content (AvgIpc) is 3.03. The Bertz CT molecular complexity index is 561. The van der Waals surface area contributed by atoms with Gasteiger partial charge < -0.3 is 39.6 Å². The van der Waals surface area contributed by atoms with E-state index in [4.69, 9.17) is 0 Å². The number of rotatable bonds is 32. The van der Waals surface area contributed by atoms with Crippen LogP contribution in [0.4, 0.5) is 0 Å². The Balaban J connectivity index is -0.000000174. The molecule has 291 valence electrons. The summed E-state index contributed by atoms with van der Waals surface area (Å²) in [5.74, 6) is -3.65. The molecule has 8 nitrogen and oxygen atoms in total. The molecule has 0 atom stereocenters. The van der Waals surface area contributed by atoms with Crippen molar-refractivity contribution in [3.8, 4) is 0 Å². The molecule has 0 aromatic rings. The standard InChI is InChI=1S/4C10H20O2.Mn/c4*1-2-3-4-5-6-7-8-9-10(11)12;/h4*2-9H2,1H3,(H,11,12);/q;;;;+4/p-4. The number of carboxylic acid groups (broad SMARTS) is 4. The monoisotopic (exact) mass is 739 g/mol. The molecule has 0 saturated carbocycles. The van der Waals surface area contributed by atoms with Gasteiger partial charge in [-0.1, -0.05) is 182 Å². The Labute approximate surface area is 312 Å². The van der Waals surface area contributed by atoms with Gasteiger partial charge in [0.1, 0.15) is 0 Å². The summed E-state index contributed by atoms with van der Waals surface area (Å²) in [6.07, 6.45) is 33.4. The smallest absolute Gasteiger partial charge is 0.550 e.